The van der Waals surface area contributed by atoms with Gasteiger partial charge in [0.15, 0.2) is 0 Å². The van der Waals surface area contributed by atoms with Crippen LogP contribution in [-0.2, 0) is 4.79 Å². The van der Waals surface area contributed by atoms with Gasteiger partial charge in [-0.15, -0.1) is 0 Å². The van der Waals surface area contributed by atoms with Crippen molar-refractivity contribution in [3.63, 3.8) is 0 Å². The van der Waals surface area contributed by atoms with E-state index in [1.807, 2.05) is 6.92 Å². The van der Waals surface area contributed by atoms with Crippen molar-refractivity contribution in [2.24, 2.45) is 11.3 Å². The number of piperidine rings is 1. The minimum atomic E-state index is 0.328. The van der Waals surface area contributed by atoms with Crippen molar-refractivity contribution in [2.75, 3.05) is 13.1 Å². The molecule has 3 nitrogen and oxygen atoms in total. The molecule has 128 valence electrons. The van der Waals surface area contributed by atoms with Gasteiger partial charge >= 0.3 is 0 Å². The number of hydrogen-bond acceptors (Lipinski definition) is 2. The van der Waals surface area contributed by atoms with Crippen LogP contribution in [0.2, 0.25) is 0 Å². The molecule has 3 heteroatoms. The van der Waals surface area contributed by atoms with Crippen LogP contribution in [0, 0.1) is 11.3 Å². The third-order valence-corrected chi connectivity index (χ3v) is 5.17. The average Bonchev–Trinajstić information content (AvgIpc) is 2.45. The fourth-order valence-corrected chi connectivity index (χ4v) is 4.37. The average molecular weight is 309 g/mol. The topological polar surface area (TPSA) is 32.3 Å². The predicted octanol–water partition coefficient (Wildman–Crippen LogP) is 3.97. The van der Waals surface area contributed by atoms with Crippen molar-refractivity contribution < 1.29 is 4.79 Å². The van der Waals surface area contributed by atoms with Gasteiger partial charge in [-0.05, 0) is 37.0 Å². The first kappa shape index (κ1) is 17.8. The Bertz CT molecular complexity index is 355. The standard InChI is InChI=1S/C19H36N2O/c1-5-18(22)21-13-15(12-19(2,3)4)11-17(14-21)20-16-9-7-6-8-10-16/h15-17,20H,5-14H2,1-4H3. The number of likely N-dealkylation sites (tertiary alicyclic amines) is 1. The van der Waals surface area contributed by atoms with Gasteiger partial charge in [-0.1, -0.05) is 47.0 Å². The first-order valence-electron chi connectivity index (χ1n) is 9.41. The van der Waals surface area contributed by atoms with Crippen LogP contribution in [0.1, 0.15) is 79.1 Å². The van der Waals surface area contributed by atoms with Gasteiger partial charge in [0.1, 0.15) is 0 Å². The molecule has 1 amide bonds. The number of hydrogen-bond donors (Lipinski definition) is 1. The molecular weight excluding hydrogens is 272 g/mol. The molecule has 0 radical (unpaired) electrons. The van der Waals surface area contributed by atoms with E-state index in [4.69, 9.17) is 0 Å². The Morgan fingerprint density at radius 2 is 1.77 bits per heavy atom. The smallest absolute Gasteiger partial charge is 0.222 e. The lowest BCUT2D eigenvalue weighted by Crippen LogP contribution is -2.54. The highest BCUT2D eigenvalue weighted by atomic mass is 16.2. The minimum Gasteiger partial charge on any atom is -0.341 e. The van der Waals surface area contributed by atoms with Crippen molar-refractivity contribution in [2.45, 2.75) is 91.1 Å². The quantitative estimate of drug-likeness (QED) is 0.852. The van der Waals surface area contributed by atoms with Crippen LogP contribution in [0.3, 0.4) is 0 Å². The molecule has 2 atom stereocenters. The van der Waals surface area contributed by atoms with Gasteiger partial charge in [0.05, 0.1) is 0 Å². The second-order valence-corrected chi connectivity index (χ2v) is 8.72. The van der Waals surface area contributed by atoms with Gasteiger partial charge in [-0.2, -0.15) is 0 Å². The van der Waals surface area contributed by atoms with Crippen LogP contribution in [0.4, 0.5) is 0 Å². The fraction of sp³-hybridized carbons (Fsp3) is 0.947. The van der Waals surface area contributed by atoms with Crippen LogP contribution in [0.15, 0.2) is 0 Å². The monoisotopic (exact) mass is 308 g/mol. The summed E-state index contributed by atoms with van der Waals surface area (Å²) < 4.78 is 0. The van der Waals surface area contributed by atoms with Crippen molar-refractivity contribution in [1.29, 1.82) is 0 Å². The molecule has 1 saturated carbocycles. The van der Waals surface area contributed by atoms with E-state index in [-0.39, 0.29) is 0 Å². The molecule has 1 saturated heterocycles. The lowest BCUT2D eigenvalue weighted by molar-refractivity contribution is -0.133. The number of amides is 1. The van der Waals surface area contributed by atoms with Gasteiger partial charge in [0.2, 0.25) is 5.91 Å². The van der Waals surface area contributed by atoms with Gasteiger partial charge in [0, 0.05) is 31.6 Å². The summed E-state index contributed by atoms with van der Waals surface area (Å²) in [4.78, 5) is 14.3. The zero-order chi connectivity index (χ0) is 16.2. The Morgan fingerprint density at radius 1 is 1.09 bits per heavy atom. The highest BCUT2D eigenvalue weighted by Gasteiger charge is 2.32. The van der Waals surface area contributed by atoms with Gasteiger partial charge in [0.25, 0.3) is 0 Å². The van der Waals surface area contributed by atoms with E-state index < -0.39 is 0 Å². The summed E-state index contributed by atoms with van der Waals surface area (Å²) in [6.45, 7) is 10.8. The normalized spacial score (nSPS) is 27.9. The third kappa shape index (κ3) is 5.57. The summed E-state index contributed by atoms with van der Waals surface area (Å²) in [5.74, 6) is 0.972. The largest absolute Gasteiger partial charge is 0.341 e. The van der Waals surface area contributed by atoms with Crippen LogP contribution in [0.5, 0.6) is 0 Å². The van der Waals surface area contributed by atoms with Crippen molar-refractivity contribution in [3.05, 3.63) is 0 Å². The molecule has 1 aliphatic carbocycles. The Morgan fingerprint density at radius 3 is 2.36 bits per heavy atom. The Hall–Kier alpha value is -0.570. The second-order valence-electron chi connectivity index (χ2n) is 8.72. The van der Waals surface area contributed by atoms with E-state index in [9.17, 15) is 4.79 Å². The highest BCUT2D eigenvalue weighted by Crippen LogP contribution is 2.31. The van der Waals surface area contributed by atoms with Crippen molar-refractivity contribution in [1.82, 2.24) is 10.2 Å². The molecule has 1 N–H and O–H groups in total. The van der Waals surface area contributed by atoms with E-state index in [1.54, 1.807) is 0 Å². The van der Waals surface area contributed by atoms with Crippen LogP contribution in [0.25, 0.3) is 0 Å². The molecular formula is C19H36N2O. The van der Waals surface area contributed by atoms with E-state index in [0.717, 1.165) is 13.1 Å². The SMILES string of the molecule is CCC(=O)N1CC(CC(C)(C)C)CC(NC2CCCCC2)C1. The van der Waals surface area contributed by atoms with E-state index >= 15 is 0 Å². The van der Waals surface area contributed by atoms with Crippen LogP contribution >= 0.6 is 0 Å². The molecule has 2 rings (SSSR count). The van der Waals surface area contributed by atoms with Crippen LogP contribution < -0.4 is 5.32 Å². The Balaban J connectivity index is 1.96. The molecule has 0 bridgehead atoms. The summed E-state index contributed by atoms with van der Waals surface area (Å²) in [6.07, 6.45) is 9.87. The molecule has 0 aromatic rings. The molecule has 0 aromatic heterocycles. The fourth-order valence-electron chi connectivity index (χ4n) is 4.37. The zero-order valence-electron chi connectivity index (χ0n) is 15.2. The number of rotatable bonds is 4. The number of nitrogens with zero attached hydrogens (tertiary/aromatic N) is 1. The lowest BCUT2D eigenvalue weighted by Gasteiger charge is -2.42. The van der Waals surface area contributed by atoms with Gasteiger partial charge < -0.3 is 10.2 Å². The van der Waals surface area contributed by atoms with E-state index in [0.29, 0.717) is 35.7 Å². The zero-order valence-corrected chi connectivity index (χ0v) is 15.2. The first-order chi connectivity index (χ1) is 10.4. The lowest BCUT2D eigenvalue weighted by atomic mass is 9.79. The molecule has 22 heavy (non-hydrogen) atoms. The first-order valence-corrected chi connectivity index (χ1v) is 9.41. The highest BCUT2D eigenvalue weighted by molar-refractivity contribution is 5.76. The molecule has 2 unspecified atom stereocenters. The molecule has 0 spiro atoms. The van der Waals surface area contributed by atoms with Crippen molar-refractivity contribution in [3.8, 4) is 0 Å². The summed E-state index contributed by atoms with van der Waals surface area (Å²) in [5.41, 5.74) is 0.346. The molecule has 2 fully saturated rings. The number of carbonyl (C=O) groups is 1. The summed E-state index contributed by atoms with van der Waals surface area (Å²) in [5, 5.41) is 3.89. The second kappa shape index (κ2) is 7.81. The Kier molecular flexibility index (Phi) is 6.31. The van der Waals surface area contributed by atoms with E-state index in [1.165, 1.54) is 44.9 Å². The van der Waals surface area contributed by atoms with Gasteiger partial charge in [-0.25, -0.2) is 0 Å². The number of nitrogens with one attached hydrogen (secondary N) is 1. The summed E-state index contributed by atoms with van der Waals surface area (Å²) in [6, 6.07) is 1.19. The number of carbonyl (C=O) groups excluding carboxylic acids is 1. The minimum absolute atomic E-state index is 0.328. The van der Waals surface area contributed by atoms with Gasteiger partial charge in [-0.3, -0.25) is 4.79 Å². The maximum absolute atomic E-state index is 12.2. The Labute approximate surface area is 137 Å². The molecule has 0 aromatic carbocycles. The predicted molar refractivity (Wildman–Crippen MR) is 92.8 cm³/mol. The molecule has 1 aliphatic heterocycles. The maximum Gasteiger partial charge on any atom is 0.222 e. The maximum atomic E-state index is 12.2. The molecule has 2 aliphatic rings. The molecule has 1 heterocycles. The van der Waals surface area contributed by atoms with Crippen LogP contribution in [-0.4, -0.2) is 36.0 Å². The summed E-state index contributed by atoms with van der Waals surface area (Å²) in [7, 11) is 0. The third-order valence-electron chi connectivity index (χ3n) is 5.17. The van der Waals surface area contributed by atoms with Crippen molar-refractivity contribution >= 4 is 5.91 Å². The van der Waals surface area contributed by atoms with E-state index in [2.05, 4.69) is 31.0 Å². The summed E-state index contributed by atoms with van der Waals surface area (Å²) >= 11 is 0.